The fourth-order valence-corrected chi connectivity index (χ4v) is 3.32. The summed E-state index contributed by atoms with van der Waals surface area (Å²) >= 11 is 9.46. The Morgan fingerprint density at radius 3 is 2.81 bits per heavy atom. The fraction of sp³-hybridized carbons (Fsp3) is 0.467. The predicted octanol–water partition coefficient (Wildman–Crippen LogP) is 3.88. The molecule has 0 spiro atoms. The summed E-state index contributed by atoms with van der Waals surface area (Å²) in [6.45, 7) is 2.36. The maximum atomic E-state index is 12.2. The molecule has 1 aliphatic heterocycles. The fourth-order valence-electron chi connectivity index (χ4n) is 2.89. The number of amides is 1. The van der Waals surface area contributed by atoms with Crippen LogP contribution in [0.15, 0.2) is 22.7 Å². The molecule has 0 aromatic heterocycles. The van der Waals surface area contributed by atoms with Crippen molar-refractivity contribution in [3.8, 4) is 0 Å². The van der Waals surface area contributed by atoms with E-state index in [2.05, 4.69) is 15.9 Å². The average Bonchev–Trinajstić information content (AvgIpc) is 2.60. The number of rotatable bonds is 3. The lowest BCUT2D eigenvalue weighted by Gasteiger charge is -2.33. The van der Waals surface area contributed by atoms with Gasteiger partial charge in [-0.25, -0.2) is 0 Å². The van der Waals surface area contributed by atoms with E-state index in [0.29, 0.717) is 30.8 Å². The molecule has 21 heavy (non-hydrogen) atoms. The number of likely N-dealkylation sites (tertiary alicyclic amines) is 1. The molecule has 2 unspecified atom stereocenters. The topological polar surface area (TPSA) is 57.6 Å². The molecular formula is C15H17BrClNO3. The van der Waals surface area contributed by atoms with Crippen LogP contribution < -0.4 is 0 Å². The number of carboxylic acids is 1. The number of nitrogens with zero attached hydrogens (tertiary/aromatic N) is 1. The highest BCUT2D eigenvalue weighted by atomic mass is 79.9. The first-order chi connectivity index (χ1) is 9.95. The number of hydrogen-bond donors (Lipinski definition) is 1. The molecule has 4 nitrogen and oxygen atoms in total. The Labute approximate surface area is 137 Å². The highest BCUT2D eigenvalue weighted by molar-refractivity contribution is 9.10. The summed E-state index contributed by atoms with van der Waals surface area (Å²) in [6, 6.07) is 4.90. The molecule has 2 rings (SSSR count). The molecule has 1 amide bonds. The SMILES string of the molecule is CCN1C(=O)CCCC(C(=O)O)C1c1ccc(Br)c(Cl)c1. The van der Waals surface area contributed by atoms with Gasteiger partial charge >= 0.3 is 5.97 Å². The zero-order valence-electron chi connectivity index (χ0n) is 11.7. The number of benzene rings is 1. The first-order valence-corrected chi connectivity index (χ1v) is 8.10. The monoisotopic (exact) mass is 373 g/mol. The third kappa shape index (κ3) is 3.40. The van der Waals surface area contributed by atoms with Gasteiger partial charge in [0.2, 0.25) is 5.91 Å². The highest BCUT2D eigenvalue weighted by Crippen LogP contribution is 2.37. The third-order valence-electron chi connectivity index (χ3n) is 3.89. The van der Waals surface area contributed by atoms with Crippen molar-refractivity contribution in [2.75, 3.05) is 6.54 Å². The van der Waals surface area contributed by atoms with E-state index in [1.54, 1.807) is 17.0 Å². The number of carboxylic acid groups (broad SMARTS) is 1. The van der Waals surface area contributed by atoms with Gasteiger partial charge in [-0.3, -0.25) is 9.59 Å². The maximum absolute atomic E-state index is 12.2. The van der Waals surface area contributed by atoms with Gasteiger partial charge in [0.25, 0.3) is 0 Å². The van der Waals surface area contributed by atoms with Crippen molar-refractivity contribution in [2.24, 2.45) is 5.92 Å². The number of halogens is 2. The molecule has 6 heteroatoms. The Kier molecular flexibility index (Phi) is 5.27. The van der Waals surface area contributed by atoms with E-state index in [9.17, 15) is 14.7 Å². The van der Waals surface area contributed by atoms with Gasteiger partial charge in [-0.05, 0) is 53.4 Å². The third-order valence-corrected chi connectivity index (χ3v) is 5.12. The van der Waals surface area contributed by atoms with E-state index < -0.39 is 17.9 Å². The van der Waals surface area contributed by atoms with Crippen LogP contribution in [0.2, 0.25) is 5.02 Å². The summed E-state index contributed by atoms with van der Waals surface area (Å²) in [5.41, 5.74) is 0.771. The van der Waals surface area contributed by atoms with Gasteiger partial charge in [-0.2, -0.15) is 0 Å². The summed E-state index contributed by atoms with van der Waals surface area (Å²) < 4.78 is 0.753. The number of hydrogen-bond acceptors (Lipinski definition) is 2. The van der Waals surface area contributed by atoms with E-state index in [0.717, 1.165) is 10.0 Å². The minimum absolute atomic E-state index is 0.00490. The van der Waals surface area contributed by atoms with Crippen LogP contribution in [0.3, 0.4) is 0 Å². The molecule has 1 aromatic rings. The molecule has 1 aromatic carbocycles. The van der Waals surface area contributed by atoms with Crippen LogP contribution in [0.1, 0.15) is 37.8 Å². The Hall–Kier alpha value is -1.07. The van der Waals surface area contributed by atoms with Crippen molar-refractivity contribution in [2.45, 2.75) is 32.2 Å². The van der Waals surface area contributed by atoms with Crippen molar-refractivity contribution in [1.29, 1.82) is 0 Å². The van der Waals surface area contributed by atoms with Crippen molar-refractivity contribution < 1.29 is 14.7 Å². The number of carbonyl (C=O) groups is 2. The van der Waals surface area contributed by atoms with E-state index in [1.165, 1.54) is 0 Å². The van der Waals surface area contributed by atoms with E-state index in [-0.39, 0.29) is 5.91 Å². The molecule has 1 heterocycles. The number of aliphatic carboxylic acids is 1. The largest absolute Gasteiger partial charge is 0.481 e. The van der Waals surface area contributed by atoms with Crippen LogP contribution in [0.4, 0.5) is 0 Å². The van der Waals surface area contributed by atoms with E-state index in [4.69, 9.17) is 11.6 Å². The van der Waals surface area contributed by atoms with E-state index >= 15 is 0 Å². The lowest BCUT2D eigenvalue weighted by molar-refractivity contribution is -0.146. The molecule has 2 atom stereocenters. The smallest absolute Gasteiger partial charge is 0.308 e. The summed E-state index contributed by atoms with van der Waals surface area (Å²) in [7, 11) is 0. The molecule has 0 bridgehead atoms. The van der Waals surface area contributed by atoms with Crippen molar-refractivity contribution >= 4 is 39.4 Å². The van der Waals surface area contributed by atoms with Crippen molar-refractivity contribution in [3.05, 3.63) is 33.3 Å². The minimum atomic E-state index is -0.868. The van der Waals surface area contributed by atoms with Crippen LogP contribution in [-0.4, -0.2) is 28.4 Å². The molecule has 0 saturated carbocycles. The van der Waals surface area contributed by atoms with Gasteiger partial charge in [0.05, 0.1) is 17.0 Å². The number of carbonyl (C=O) groups excluding carboxylic acids is 1. The van der Waals surface area contributed by atoms with Crippen LogP contribution in [0.5, 0.6) is 0 Å². The second-order valence-electron chi connectivity index (χ2n) is 5.14. The first-order valence-electron chi connectivity index (χ1n) is 6.93. The van der Waals surface area contributed by atoms with Crippen LogP contribution in [-0.2, 0) is 9.59 Å². The van der Waals surface area contributed by atoms with Gasteiger partial charge in [0, 0.05) is 17.4 Å². The van der Waals surface area contributed by atoms with Gasteiger partial charge in [0.1, 0.15) is 0 Å². The second-order valence-corrected chi connectivity index (χ2v) is 6.40. The molecule has 1 fully saturated rings. The summed E-state index contributed by atoms with van der Waals surface area (Å²) in [5, 5.41) is 10.1. The van der Waals surface area contributed by atoms with Crippen molar-refractivity contribution in [3.63, 3.8) is 0 Å². The lowest BCUT2D eigenvalue weighted by Crippen LogP contribution is -2.38. The summed E-state index contributed by atoms with van der Waals surface area (Å²) in [5.74, 6) is -1.47. The molecule has 0 aliphatic carbocycles. The molecule has 1 aliphatic rings. The molecule has 1 saturated heterocycles. The molecule has 114 valence electrons. The Morgan fingerprint density at radius 1 is 1.52 bits per heavy atom. The Balaban J connectivity index is 2.50. The summed E-state index contributed by atoms with van der Waals surface area (Å²) in [4.78, 5) is 25.5. The Bertz CT molecular complexity index is 562. The molecule has 1 N–H and O–H groups in total. The first kappa shape index (κ1) is 16.3. The predicted molar refractivity (Wildman–Crippen MR) is 84.3 cm³/mol. The van der Waals surface area contributed by atoms with Crippen molar-refractivity contribution in [1.82, 2.24) is 4.90 Å². The standard InChI is InChI=1S/C15H17BrClNO3/c1-2-18-13(19)5-3-4-10(15(20)21)14(18)9-6-7-11(16)12(17)8-9/h6-8,10,14H,2-5H2,1H3,(H,20,21). The van der Waals surface area contributed by atoms with Gasteiger partial charge in [0.15, 0.2) is 0 Å². The molecular weight excluding hydrogens is 358 g/mol. The maximum Gasteiger partial charge on any atom is 0.308 e. The highest BCUT2D eigenvalue weighted by Gasteiger charge is 2.38. The van der Waals surface area contributed by atoms with Crippen LogP contribution in [0.25, 0.3) is 0 Å². The van der Waals surface area contributed by atoms with Gasteiger partial charge in [-0.1, -0.05) is 17.7 Å². The van der Waals surface area contributed by atoms with Gasteiger partial charge < -0.3 is 10.0 Å². The van der Waals surface area contributed by atoms with Crippen LogP contribution >= 0.6 is 27.5 Å². The van der Waals surface area contributed by atoms with Crippen LogP contribution in [0, 0.1) is 5.92 Å². The zero-order chi connectivity index (χ0) is 15.6. The van der Waals surface area contributed by atoms with E-state index in [1.807, 2.05) is 13.0 Å². The average molecular weight is 375 g/mol. The van der Waals surface area contributed by atoms with Gasteiger partial charge in [-0.15, -0.1) is 0 Å². The normalized spacial score (nSPS) is 23.0. The second kappa shape index (κ2) is 6.79. The zero-order valence-corrected chi connectivity index (χ0v) is 14.0. The Morgan fingerprint density at radius 2 is 2.24 bits per heavy atom. The minimum Gasteiger partial charge on any atom is -0.481 e. The quantitative estimate of drug-likeness (QED) is 0.873. The lowest BCUT2D eigenvalue weighted by atomic mass is 9.89. The summed E-state index contributed by atoms with van der Waals surface area (Å²) in [6.07, 6.45) is 1.50. The molecule has 0 radical (unpaired) electrons.